The Bertz CT molecular complexity index is 450. The van der Waals surface area contributed by atoms with E-state index in [1.807, 2.05) is 13.8 Å². The molecule has 0 saturated heterocycles. The van der Waals surface area contributed by atoms with Crippen molar-refractivity contribution in [3.8, 4) is 0 Å². The van der Waals surface area contributed by atoms with Crippen LogP contribution in [0.3, 0.4) is 0 Å². The van der Waals surface area contributed by atoms with Crippen molar-refractivity contribution in [1.82, 2.24) is 0 Å². The Morgan fingerprint density at radius 1 is 1.26 bits per heavy atom. The summed E-state index contributed by atoms with van der Waals surface area (Å²) in [6.45, 7) is 5.16. The lowest BCUT2D eigenvalue weighted by molar-refractivity contribution is -0.138. The van der Waals surface area contributed by atoms with E-state index in [9.17, 15) is 18.0 Å². The molecule has 1 aromatic rings. The zero-order chi connectivity index (χ0) is 14.6. The third kappa shape index (κ3) is 3.98. The van der Waals surface area contributed by atoms with Gasteiger partial charge in [0.05, 0.1) is 5.56 Å². The Morgan fingerprint density at radius 3 is 2.32 bits per heavy atom. The van der Waals surface area contributed by atoms with Crippen LogP contribution in [0.1, 0.15) is 37.8 Å². The molecule has 2 nitrogen and oxygen atoms in total. The molecule has 0 bridgehead atoms. The predicted molar refractivity (Wildman–Crippen MR) is 68.9 cm³/mol. The van der Waals surface area contributed by atoms with Crippen molar-refractivity contribution in [2.45, 2.75) is 39.8 Å². The van der Waals surface area contributed by atoms with Gasteiger partial charge in [0.25, 0.3) is 0 Å². The normalized spacial score (nSPS) is 11.7. The van der Waals surface area contributed by atoms with Gasteiger partial charge >= 0.3 is 6.18 Å². The maximum absolute atomic E-state index is 12.7. The first-order chi connectivity index (χ1) is 8.79. The number of hydrogen-bond donors (Lipinski definition) is 1. The van der Waals surface area contributed by atoms with Gasteiger partial charge < -0.3 is 5.32 Å². The molecule has 0 aliphatic rings. The summed E-state index contributed by atoms with van der Waals surface area (Å²) in [7, 11) is 0. The van der Waals surface area contributed by atoms with E-state index in [0.717, 1.165) is 6.07 Å². The molecule has 0 spiro atoms. The second-order valence-electron chi connectivity index (χ2n) is 4.53. The average Bonchev–Trinajstić information content (AvgIpc) is 2.31. The van der Waals surface area contributed by atoms with Crippen molar-refractivity contribution in [3.05, 3.63) is 29.3 Å². The molecule has 1 rings (SSSR count). The minimum Gasteiger partial charge on any atom is -0.326 e. The summed E-state index contributed by atoms with van der Waals surface area (Å²) in [4.78, 5) is 11.8. The van der Waals surface area contributed by atoms with Crippen molar-refractivity contribution in [3.63, 3.8) is 0 Å². The number of aryl methyl sites for hydroxylation is 1. The smallest absolute Gasteiger partial charge is 0.326 e. The highest BCUT2D eigenvalue weighted by molar-refractivity contribution is 5.92. The van der Waals surface area contributed by atoms with E-state index < -0.39 is 11.7 Å². The van der Waals surface area contributed by atoms with Gasteiger partial charge in [-0.25, -0.2) is 0 Å². The van der Waals surface area contributed by atoms with Gasteiger partial charge in [-0.3, -0.25) is 4.79 Å². The molecule has 1 N–H and O–H groups in total. The molecule has 0 aliphatic carbocycles. The van der Waals surface area contributed by atoms with Gasteiger partial charge in [0.1, 0.15) is 0 Å². The molecular weight excluding hydrogens is 255 g/mol. The van der Waals surface area contributed by atoms with E-state index >= 15 is 0 Å². The van der Waals surface area contributed by atoms with Gasteiger partial charge in [0.2, 0.25) is 5.91 Å². The van der Waals surface area contributed by atoms with Gasteiger partial charge in [0.15, 0.2) is 0 Å². The van der Waals surface area contributed by atoms with Gasteiger partial charge in [-0.05, 0) is 37.5 Å². The SMILES string of the molecule is CCC(CC)C(=O)Nc1ccc(C)c(C(F)(F)F)c1. The molecule has 0 heterocycles. The predicted octanol–water partition coefficient (Wildman–Crippen LogP) is 4.39. The van der Waals surface area contributed by atoms with Crippen LogP contribution in [0.15, 0.2) is 18.2 Å². The number of anilines is 1. The van der Waals surface area contributed by atoms with E-state index in [1.54, 1.807) is 0 Å². The summed E-state index contributed by atoms with van der Waals surface area (Å²) in [5, 5.41) is 2.54. The topological polar surface area (TPSA) is 29.1 Å². The van der Waals surface area contributed by atoms with Gasteiger partial charge in [-0.1, -0.05) is 19.9 Å². The van der Waals surface area contributed by atoms with E-state index in [0.29, 0.717) is 12.8 Å². The fourth-order valence-corrected chi connectivity index (χ4v) is 1.91. The molecule has 5 heteroatoms. The van der Waals surface area contributed by atoms with Crippen LogP contribution < -0.4 is 5.32 Å². The van der Waals surface area contributed by atoms with Crippen molar-refractivity contribution >= 4 is 11.6 Å². The third-order valence-electron chi connectivity index (χ3n) is 3.17. The number of benzene rings is 1. The first-order valence-corrected chi connectivity index (χ1v) is 6.28. The number of nitrogens with one attached hydrogen (secondary N) is 1. The molecule has 1 amide bonds. The van der Waals surface area contributed by atoms with Gasteiger partial charge in [-0.2, -0.15) is 13.2 Å². The van der Waals surface area contributed by atoms with E-state index in [2.05, 4.69) is 5.32 Å². The van der Waals surface area contributed by atoms with Crippen molar-refractivity contribution in [1.29, 1.82) is 0 Å². The van der Waals surface area contributed by atoms with Crippen LogP contribution in [0.4, 0.5) is 18.9 Å². The highest BCUT2D eigenvalue weighted by Crippen LogP contribution is 2.33. The molecule has 0 aliphatic heterocycles. The Labute approximate surface area is 111 Å². The summed E-state index contributed by atoms with van der Waals surface area (Å²) in [6, 6.07) is 3.84. The summed E-state index contributed by atoms with van der Waals surface area (Å²) >= 11 is 0. The molecule has 1 aromatic carbocycles. The lowest BCUT2D eigenvalue weighted by Crippen LogP contribution is -2.22. The van der Waals surface area contributed by atoms with Crippen molar-refractivity contribution in [2.24, 2.45) is 5.92 Å². The average molecular weight is 273 g/mol. The standard InChI is InChI=1S/C14H18F3NO/c1-4-10(5-2)13(19)18-11-7-6-9(3)12(8-11)14(15,16)17/h6-8,10H,4-5H2,1-3H3,(H,18,19). The van der Waals surface area contributed by atoms with Crippen LogP contribution in [-0.4, -0.2) is 5.91 Å². The zero-order valence-electron chi connectivity index (χ0n) is 11.3. The lowest BCUT2D eigenvalue weighted by atomic mass is 10.0. The zero-order valence-corrected chi connectivity index (χ0v) is 11.3. The number of hydrogen-bond acceptors (Lipinski definition) is 1. The molecule has 0 aromatic heterocycles. The molecule has 0 unspecified atom stereocenters. The van der Waals surface area contributed by atoms with Crippen LogP contribution in [0.25, 0.3) is 0 Å². The summed E-state index contributed by atoms with van der Waals surface area (Å²) in [5.74, 6) is -0.405. The Kier molecular flexibility index (Phi) is 4.97. The molecule has 0 saturated carbocycles. The lowest BCUT2D eigenvalue weighted by Gasteiger charge is -2.15. The molecule has 0 radical (unpaired) electrons. The maximum Gasteiger partial charge on any atom is 0.416 e. The first-order valence-electron chi connectivity index (χ1n) is 6.28. The highest BCUT2D eigenvalue weighted by Gasteiger charge is 2.32. The van der Waals surface area contributed by atoms with Crippen LogP contribution >= 0.6 is 0 Å². The maximum atomic E-state index is 12.7. The highest BCUT2D eigenvalue weighted by atomic mass is 19.4. The fourth-order valence-electron chi connectivity index (χ4n) is 1.91. The van der Waals surface area contributed by atoms with Crippen LogP contribution in [0.2, 0.25) is 0 Å². The van der Waals surface area contributed by atoms with E-state index in [4.69, 9.17) is 0 Å². The second kappa shape index (κ2) is 6.08. The number of carbonyl (C=O) groups excluding carboxylic acids is 1. The monoisotopic (exact) mass is 273 g/mol. The largest absolute Gasteiger partial charge is 0.416 e. The minimum absolute atomic E-state index is 0.146. The number of carbonyl (C=O) groups is 1. The number of alkyl halides is 3. The summed E-state index contributed by atoms with van der Waals surface area (Å²) in [5.41, 5.74) is -0.377. The quantitative estimate of drug-likeness (QED) is 0.866. The van der Waals surface area contributed by atoms with E-state index in [-0.39, 0.29) is 23.1 Å². The summed E-state index contributed by atoms with van der Waals surface area (Å²) in [6.07, 6.45) is -3.07. The van der Waals surface area contributed by atoms with Crippen LogP contribution in [0, 0.1) is 12.8 Å². The Balaban J connectivity index is 2.95. The third-order valence-corrected chi connectivity index (χ3v) is 3.17. The Hall–Kier alpha value is -1.52. The molecule has 19 heavy (non-hydrogen) atoms. The number of amides is 1. The van der Waals surface area contributed by atoms with Gasteiger partial charge in [-0.15, -0.1) is 0 Å². The number of rotatable bonds is 4. The van der Waals surface area contributed by atoms with E-state index in [1.165, 1.54) is 19.1 Å². The van der Waals surface area contributed by atoms with Crippen molar-refractivity contribution in [2.75, 3.05) is 5.32 Å². The van der Waals surface area contributed by atoms with Crippen LogP contribution in [-0.2, 0) is 11.0 Å². The minimum atomic E-state index is -4.40. The summed E-state index contributed by atoms with van der Waals surface area (Å²) < 4.78 is 38.2. The molecular formula is C14H18F3NO. The molecule has 0 atom stereocenters. The van der Waals surface area contributed by atoms with Crippen molar-refractivity contribution < 1.29 is 18.0 Å². The second-order valence-corrected chi connectivity index (χ2v) is 4.53. The Morgan fingerprint density at radius 2 is 1.84 bits per heavy atom. The first kappa shape index (κ1) is 15.5. The molecule has 0 fully saturated rings. The van der Waals surface area contributed by atoms with Gasteiger partial charge in [0, 0.05) is 11.6 Å². The number of halogens is 3. The molecule has 106 valence electrons. The van der Waals surface area contributed by atoms with Crippen LogP contribution in [0.5, 0.6) is 0 Å². The fraction of sp³-hybridized carbons (Fsp3) is 0.500.